The molecule has 82 valence electrons. The Balaban J connectivity index is 1.87. The predicted molar refractivity (Wildman–Crippen MR) is 60.8 cm³/mol. The molecular formula is C11H16N2OS. The topological polar surface area (TPSA) is 46.0 Å². The molecule has 0 saturated heterocycles. The van der Waals surface area contributed by atoms with Crippen molar-refractivity contribution in [3.63, 3.8) is 0 Å². The lowest BCUT2D eigenvalue weighted by molar-refractivity contribution is 0.0272. The van der Waals surface area contributed by atoms with Gasteiger partial charge in [-0.15, -0.1) is 11.8 Å². The third-order valence-electron chi connectivity index (χ3n) is 2.83. The van der Waals surface area contributed by atoms with Crippen LogP contribution in [0.3, 0.4) is 0 Å². The third-order valence-corrected chi connectivity index (χ3v) is 4.05. The Morgan fingerprint density at radius 2 is 2.13 bits per heavy atom. The molecule has 0 amide bonds. The molecule has 1 aliphatic carbocycles. The molecule has 0 aliphatic heterocycles. The molecule has 3 nitrogen and oxygen atoms in total. The standard InChI is InChI=1S/C11H16N2OS/c14-11(5-2-1-3-6-11)8-15-10-4-7-12-9-13-10/h4,7,9,14H,1-3,5-6,8H2. The minimum atomic E-state index is -0.464. The maximum atomic E-state index is 10.3. The maximum Gasteiger partial charge on any atom is 0.116 e. The predicted octanol–water partition coefficient (Wildman–Crippen LogP) is 2.26. The Morgan fingerprint density at radius 3 is 2.80 bits per heavy atom. The SMILES string of the molecule is OC1(CSc2ccncn2)CCCCC1. The summed E-state index contributed by atoms with van der Waals surface area (Å²) in [5, 5.41) is 11.2. The summed E-state index contributed by atoms with van der Waals surface area (Å²) < 4.78 is 0. The zero-order valence-electron chi connectivity index (χ0n) is 8.72. The smallest absolute Gasteiger partial charge is 0.116 e. The van der Waals surface area contributed by atoms with Crippen LogP contribution in [0.25, 0.3) is 0 Å². The van der Waals surface area contributed by atoms with E-state index in [1.54, 1.807) is 24.3 Å². The molecule has 1 heterocycles. The van der Waals surface area contributed by atoms with E-state index >= 15 is 0 Å². The van der Waals surface area contributed by atoms with Crippen LogP contribution in [-0.4, -0.2) is 26.4 Å². The molecule has 1 saturated carbocycles. The molecule has 4 heteroatoms. The second kappa shape index (κ2) is 4.94. The fourth-order valence-corrected chi connectivity index (χ4v) is 2.91. The second-order valence-corrected chi connectivity index (χ2v) is 5.12. The molecule has 0 unspecified atom stereocenters. The molecule has 1 aromatic heterocycles. The van der Waals surface area contributed by atoms with Crippen LogP contribution in [0.4, 0.5) is 0 Å². The van der Waals surface area contributed by atoms with Crippen LogP contribution in [0.15, 0.2) is 23.6 Å². The van der Waals surface area contributed by atoms with Crippen LogP contribution in [0.2, 0.25) is 0 Å². The van der Waals surface area contributed by atoms with Gasteiger partial charge in [0.2, 0.25) is 0 Å². The Hall–Kier alpha value is -0.610. The first-order chi connectivity index (χ1) is 7.29. The molecule has 0 aromatic carbocycles. The quantitative estimate of drug-likeness (QED) is 0.632. The van der Waals surface area contributed by atoms with E-state index in [0.717, 1.165) is 36.5 Å². The van der Waals surface area contributed by atoms with Crippen molar-refractivity contribution >= 4 is 11.8 Å². The van der Waals surface area contributed by atoms with Gasteiger partial charge in [-0.2, -0.15) is 0 Å². The highest BCUT2D eigenvalue weighted by Gasteiger charge is 2.29. The largest absolute Gasteiger partial charge is 0.389 e. The van der Waals surface area contributed by atoms with Crippen molar-refractivity contribution in [3.8, 4) is 0 Å². The van der Waals surface area contributed by atoms with Crippen LogP contribution < -0.4 is 0 Å². The van der Waals surface area contributed by atoms with E-state index in [1.807, 2.05) is 6.07 Å². The Morgan fingerprint density at radius 1 is 1.33 bits per heavy atom. The summed E-state index contributed by atoms with van der Waals surface area (Å²) in [6.45, 7) is 0. The number of thioether (sulfide) groups is 1. The summed E-state index contributed by atoms with van der Waals surface area (Å²) in [4.78, 5) is 8.01. The average molecular weight is 224 g/mol. The molecule has 1 N–H and O–H groups in total. The number of nitrogens with zero attached hydrogens (tertiary/aromatic N) is 2. The molecule has 2 rings (SSSR count). The lowest BCUT2D eigenvalue weighted by Crippen LogP contribution is -2.34. The van der Waals surface area contributed by atoms with Gasteiger partial charge in [0.25, 0.3) is 0 Å². The van der Waals surface area contributed by atoms with Gasteiger partial charge in [-0.05, 0) is 18.9 Å². The number of aromatic nitrogens is 2. The molecule has 1 aromatic rings. The lowest BCUT2D eigenvalue weighted by atomic mass is 9.86. The van der Waals surface area contributed by atoms with Gasteiger partial charge in [0.1, 0.15) is 6.33 Å². The number of rotatable bonds is 3. The van der Waals surface area contributed by atoms with E-state index in [-0.39, 0.29) is 0 Å². The van der Waals surface area contributed by atoms with Crippen molar-refractivity contribution in [2.45, 2.75) is 42.7 Å². The van der Waals surface area contributed by atoms with Crippen molar-refractivity contribution in [2.24, 2.45) is 0 Å². The molecule has 1 fully saturated rings. The van der Waals surface area contributed by atoms with E-state index in [4.69, 9.17) is 0 Å². The molecule has 1 aliphatic rings. The molecular weight excluding hydrogens is 208 g/mol. The normalized spacial score (nSPS) is 20.1. The van der Waals surface area contributed by atoms with E-state index in [2.05, 4.69) is 9.97 Å². The molecule has 0 bridgehead atoms. The lowest BCUT2D eigenvalue weighted by Gasteiger charge is -2.31. The van der Waals surface area contributed by atoms with Crippen molar-refractivity contribution in [3.05, 3.63) is 18.6 Å². The van der Waals surface area contributed by atoms with Crippen LogP contribution in [0, 0.1) is 0 Å². The second-order valence-electron chi connectivity index (χ2n) is 4.12. The Bertz CT molecular complexity index is 299. The first-order valence-electron chi connectivity index (χ1n) is 5.40. The highest BCUT2D eigenvalue weighted by Crippen LogP contribution is 2.32. The van der Waals surface area contributed by atoms with Crippen LogP contribution in [0.1, 0.15) is 32.1 Å². The van der Waals surface area contributed by atoms with E-state index < -0.39 is 5.60 Å². The summed E-state index contributed by atoms with van der Waals surface area (Å²) in [6.07, 6.45) is 8.73. The average Bonchev–Trinajstić information content (AvgIpc) is 2.29. The van der Waals surface area contributed by atoms with E-state index in [0.29, 0.717) is 0 Å². The summed E-state index contributed by atoms with van der Waals surface area (Å²) in [5.74, 6) is 0.754. The summed E-state index contributed by atoms with van der Waals surface area (Å²) in [7, 11) is 0. The molecule has 0 radical (unpaired) electrons. The van der Waals surface area contributed by atoms with Gasteiger partial charge < -0.3 is 5.11 Å². The fourth-order valence-electron chi connectivity index (χ4n) is 1.93. The van der Waals surface area contributed by atoms with Crippen LogP contribution >= 0.6 is 11.8 Å². The third kappa shape index (κ3) is 3.18. The van der Waals surface area contributed by atoms with Gasteiger partial charge in [-0.25, -0.2) is 9.97 Å². The van der Waals surface area contributed by atoms with Crippen molar-refractivity contribution < 1.29 is 5.11 Å². The summed E-state index contributed by atoms with van der Waals surface area (Å²) in [6, 6.07) is 1.89. The van der Waals surface area contributed by atoms with Gasteiger partial charge in [-0.3, -0.25) is 0 Å². The Kier molecular flexibility index (Phi) is 3.59. The van der Waals surface area contributed by atoms with Gasteiger partial charge in [0.05, 0.1) is 10.6 Å². The van der Waals surface area contributed by atoms with Gasteiger partial charge in [0, 0.05) is 11.9 Å². The van der Waals surface area contributed by atoms with Crippen molar-refractivity contribution in [1.29, 1.82) is 0 Å². The monoisotopic (exact) mass is 224 g/mol. The number of aliphatic hydroxyl groups is 1. The molecule has 0 spiro atoms. The highest BCUT2D eigenvalue weighted by molar-refractivity contribution is 7.99. The van der Waals surface area contributed by atoms with E-state index in [9.17, 15) is 5.11 Å². The molecule has 15 heavy (non-hydrogen) atoms. The maximum absolute atomic E-state index is 10.3. The summed E-state index contributed by atoms with van der Waals surface area (Å²) in [5.41, 5.74) is -0.464. The highest BCUT2D eigenvalue weighted by atomic mass is 32.2. The number of hydrogen-bond acceptors (Lipinski definition) is 4. The molecule has 0 atom stereocenters. The van der Waals surface area contributed by atoms with Gasteiger partial charge >= 0.3 is 0 Å². The van der Waals surface area contributed by atoms with Crippen LogP contribution in [-0.2, 0) is 0 Å². The first-order valence-corrected chi connectivity index (χ1v) is 6.38. The summed E-state index contributed by atoms with van der Waals surface area (Å²) >= 11 is 1.62. The van der Waals surface area contributed by atoms with Crippen molar-refractivity contribution in [1.82, 2.24) is 9.97 Å². The van der Waals surface area contributed by atoms with Crippen molar-refractivity contribution in [2.75, 3.05) is 5.75 Å². The Labute approximate surface area is 94.3 Å². The fraction of sp³-hybridized carbons (Fsp3) is 0.636. The number of hydrogen-bond donors (Lipinski definition) is 1. The minimum absolute atomic E-state index is 0.464. The minimum Gasteiger partial charge on any atom is -0.389 e. The zero-order chi connectivity index (χ0) is 10.6. The zero-order valence-corrected chi connectivity index (χ0v) is 9.54. The van der Waals surface area contributed by atoms with Gasteiger partial charge in [-0.1, -0.05) is 19.3 Å². The van der Waals surface area contributed by atoms with Gasteiger partial charge in [0.15, 0.2) is 0 Å². The van der Waals surface area contributed by atoms with Crippen LogP contribution in [0.5, 0.6) is 0 Å². The van der Waals surface area contributed by atoms with E-state index in [1.165, 1.54) is 6.42 Å². The first kappa shape index (κ1) is 10.9.